The van der Waals surface area contributed by atoms with Crippen LogP contribution in [0.15, 0.2) is 48.1 Å². The minimum atomic E-state index is -4.34. The SMILES string of the molecule is CN=C(/C=C\N)C1CCCN(c2ccnc(-c3cnc4cnc(CC(F)(F)F)cn34)n2)C1. The molecule has 1 aliphatic rings. The van der Waals surface area contributed by atoms with E-state index in [1.54, 1.807) is 23.8 Å². The second-order valence-corrected chi connectivity index (χ2v) is 7.57. The lowest BCUT2D eigenvalue weighted by Crippen LogP contribution is -2.39. The lowest BCUT2D eigenvalue weighted by Gasteiger charge is -2.33. The Morgan fingerprint density at radius 1 is 1.28 bits per heavy atom. The zero-order valence-electron chi connectivity index (χ0n) is 17.5. The summed E-state index contributed by atoms with van der Waals surface area (Å²) in [4.78, 5) is 23.6. The van der Waals surface area contributed by atoms with E-state index in [1.807, 2.05) is 12.1 Å². The van der Waals surface area contributed by atoms with Crippen LogP contribution in [0.5, 0.6) is 0 Å². The molecular weight excluding hydrogens is 421 g/mol. The first-order valence-corrected chi connectivity index (χ1v) is 10.2. The Morgan fingerprint density at radius 3 is 2.88 bits per heavy atom. The maximum atomic E-state index is 12.8. The third kappa shape index (κ3) is 4.71. The van der Waals surface area contributed by atoms with Crippen molar-refractivity contribution in [1.29, 1.82) is 0 Å². The Labute approximate surface area is 182 Å². The van der Waals surface area contributed by atoms with Gasteiger partial charge in [0, 0.05) is 44.2 Å². The van der Waals surface area contributed by atoms with E-state index in [0.29, 0.717) is 17.2 Å². The summed E-state index contributed by atoms with van der Waals surface area (Å²) in [6.07, 6.45) is 5.69. The Morgan fingerprint density at radius 2 is 2.12 bits per heavy atom. The molecule has 32 heavy (non-hydrogen) atoms. The van der Waals surface area contributed by atoms with Crippen LogP contribution >= 0.6 is 0 Å². The van der Waals surface area contributed by atoms with Crippen molar-refractivity contribution in [3.05, 3.63) is 48.8 Å². The lowest BCUT2D eigenvalue weighted by molar-refractivity contribution is -0.127. The second kappa shape index (κ2) is 8.93. The van der Waals surface area contributed by atoms with Crippen molar-refractivity contribution >= 4 is 17.2 Å². The molecule has 3 aromatic rings. The van der Waals surface area contributed by atoms with Gasteiger partial charge in [-0.1, -0.05) is 0 Å². The van der Waals surface area contributed by atoms with Gasteiger partial charge in [0.25, 0.3) is 0 Å². The number of aliphatic imine (C=N–C) groups is 1. The lowest BCUT2D eigenvalue weighted by atomic mass is 9.93. The van der Waals surface area contributed by atoms with Gasteiger partial charge in [-0.05, 0) is 31.2 Å². The van der Waals surface area contributed by atoms with Crippen LogP contribution in [-0.4, -0.2) is 56.4 Å². The molecule has 4 heterocycles. The Kier molecular flexibility index (Phi) is 6.06. The van der Waals surface area contributed by atoms with Gasteiger partial charge in [-0.25, -0.2) is 15.0 Å². The topological polar surface area (TPSA) is 97.6 Å². The van der Waals surface area contributed by atoms with Crippen LogP contribution in [0.25, 0.3) is 17.2 Å². The number of nitrogens with zero attached hydrogens (tertiary/aromatic N) is 7. The quantitative estimate of drug-likeness (QED) is 0.608. The van der Waals surface area contributed by atoms with E-state index in [9.17, 15) is 13.2 Å². The van der Waals surface area contributed by atoms with Gasteiger partial charge in [-0.2, -0.15) is 13.2 Å². The number of imidazole rings is 1. The molecule has 1 atom stereocenters. The summed E-state index contributed by atoms with van der Waals surface area (Å²) in [5.41, 5.74) is 7.32. The summed E-state index contributed by atoms with van der Waals surface area (Å²) < 4.78 is 39.9. The van der Waals surface area contributed by atoms with Crippen molar-refractivity contribution in [2.24, 2.45) is 16.6 Å². The highest BCUT2D eigenvalue weighted by atomic mass is 19.4. The molecule has 1 unspecified atom stereocenters. The van der Waals surface area contributed by atoms with Gasteiger partial charge in [0.05, 0.1) is 24.5 Å². The highest BCUT2D eigenvalue weighted by Crippen LogP contribution is 2.26. The molecule has 0 aliphatic carbocycles. The van der Waals surface area contributed by atoms with Gasteiger partial charge < -0.3 is 10.6 Å². The van der Waals surface area contributed by atoms with Gasteiger partial charge >= 0.3 is 6.18 Å². The van der Waals surface area contributed by atoms with E-state index < -0.39 is 12.6 Å². The fraction of sp³-hybridized carbons (Fsp3) is 0.381. The first-order chi connectivity index (χ1) is 15.4. The van der Waals surface area contributed by atoms with E-state index in [1.165, 1.54) is 18.6 Å². The van der Waals surface area contributed by atoms with Crippen molar-refractivity contribution in [2.45, 2.75) is 25.4 Å². The van der Waals surface area contributed by atoms with Crippen LogP contribution in [0.4, 0.5) is 19.0 Å². The maximum Gasteiger partial charge on any atom is 0.394 e. The minimum absolute atomic E-state index is 0.0985. The Balaban J connectivity index is 1.63. The Bertz CT molecular complexity index is 1150. The van der Waals surface area contributed by atoms with Crippen LogP contribution in [0.2, 0.25) is 0 Å². The number of hydrogen-bond donors (Lipinski definition) is 1. The first-order valence-electron chi connectivity index (χ1n) is 10.2. The highest BCUT2D eigenvalue weighted by molar-refractivity contribution is 5.97. The van der Waals surface area contributed by atoms with E-state index >= 15 is 0 Å². The minimum Gasteiger partial charge on any atom is -0.405 e. The molecule has 1 aliphatic heterocycles. The average Bonchev–Trinajstić information content (AvgIpc) is 3.20. The van der Waals surface area contributed by atoms with Crippen molar-refractivity contribution < 1.29 is 13.2 Å². The second-order valence-electron chi connectivity index (χ2n) is 7.57. The molecule has 0 aromatic carbocycles. The molecule has 0 amide bonds. The number of piperidine rings is 1. The molecule has 4 rings (SSSR count). The molecule has 0 spiro atoms. The maximum absolute atomic E-state index is 12.8. The normalized spacial score (nSPS) is 18.1. The fourth-order valence-corrected chi connectivity index (χ4v) is 3.96. The zero-order chi connectivity index (χ0) is 22.7. The van der Waals surface area contributed by atoms with Gasteiger partial charge in [-0.3, -0.25) is 14.4 Å². The molecule has 0 radical (unpaired) electrons. The largest absolute Gasteiger partial charge is 0.405 e. The molecule has 0 bridgehead atoms. The molecule has 1 saturated heterocycles. The number of allylic oxidation sites excluding steroid dienone is 1. The smallest absolute Gasteiger partial charge is 0.394 e. The number of hydrogen-bond acceptors (Lipinski definition) is 7. The number of rotatable bonds is 5. The van der Waals surface area contributed by atoms with E-state index in [4.69, 9.17) is 5.73 Å². The summed E-state index contributed by atoms with van der Waals surface area (Å²) in [6, 6.07) is 1.83. The zero-order valence-corrected chi connectivity index (χ0v) is 17.5. The van der Waals surface area contributed by atoms with E-state index in [-0.39, 0.29) is 11.6 Å². The predicted octanol–water partition coefficient (Wildman–Crippen LogP) is 3.05. The van der Waals surface area contributed by atoms with Crippen LogP contribution in [-0.2, 0) is 6.42 Å². The third-order valence-corrected chi connectivity index (χ3v) is 5.39. The molecule has 3 aromatic heterocycles. The van der Waals surface area contributed by atoms with Gasteiger partial charge in [0.1, 0.15) is 11.5 Å². The number of fused-ring (bicyclic) bond motifs is 1. The summed E-state index contributed by atoms with van der Waals surface area (Å²) in [5.74, 6) is 1.36. The van der Waals surface area contributed by atoms with Crippen LogP contribution < -0.4 is 10.6 Å². The van der Waals surface area contributed by atoms with Crippen LogP contribution in [0.1, 0.15) is 18.5 Å². The number of nitrogens with two attached hydrogens (primary N) is 1. The van der Waals surface area contributed by atoms with E-state index in [0.717, 1.165) is 37.5 Å². The Hall–Kier alpha value is -3.50. The molecule has 0 saturated carbocycles. The molecule has 11 heteroatoms. The van der Waals surface area contributed by atoms with Crippen molar-refractivity contribution in [3.63, 3.8) is 0 Å². The number of aromatic nitrogens is 5. The predicted molar refractivity (Wildman–Crippen MR) is 115 cm³/mol. The van der Waals surface area contributed by atoms with Crippen molar-refractivity contribution in [3.8, 4) is 11.5 Å². The van der Waals surface area contributed by atoms with Gasteiger partial charge in [-0.15, -0.1) is 0 Å². The summed E-state index contributed by atoms with van der Waals surface area (Å²) in [7, 11) is 1.75. The van der Waals surface area contributed by atoms with E-state index in [2.05, 4.69) is 29.8 Å². The molecule has 1 fully saturated rings. The number of alkyl halides is 3. The standard InChI is InChI=1S/C21H23F3N8/c1-26-16(4-6-25)14-3-2-8-31(12-14)18-5-7-27-20(30-18)17-10-29-19-11-28-15(13-32(17)19)9-21(22,23)24/h4-7,10-11,13-14H,2-3,8-9,12,25H2,1H3/b6-4-,26-16?. The highest BCUT2D eigenvalue weighted by Gasteiger charge is 2.29. The summed E-state index contributed by atoms with van der Waals surface area (Å²) in [6.45, 7) is 1.57. The van der Waals surface area contributed by atoms with Crippen molar-refractivity contribution in [1.82, 2.24) is 24.3 Å². The molecular formula is C21H23F3N8. The van der Waals surface area contributed by atoms with Gasteiger partial charge in [0.2, 0.25) is 0 Å². The molecule has 8 nitrogen and oxygen atoms in total. The molecule has 2 N–H and O–H groups in total. The monoisotopic (exact) mass is 444 g/mol. The van der Waals surface area contributed by atoms with Crippen molar-refractivity contribution in [2.75, 3.05) is 25.0 Å². The summed E-state index contributed by atoms with van der Waals surface area (Å²) >= 11 is 0. The average molecular weight is 444 g/mol. The number of anilines is 1. The summed E-state index contributed by atoms with van der Waals surface area (Å²) in [5, 5.41) is 0. The van der Waals surface area contributed by atoms with Crippen LogP contribution in [0, 0.1) is 5.92 Å². The third-order valence-electron chi connectivity index (χ3n) is 5.39. The fourth-order valence-electron chi connectivity index (χ4n) is 3.96. The number of halogens is 3. The molecule has 168 valence electrons. The van der Waals surface area contributed by atoms with Gasteiger partial charge in [0.15, 0.2) is 11.5 Å². The van der Waals surface area contributed by atoms with Crippen LogP contribution in [0.3, 0.4) is 0 Å². The first kappa shape index (κ1) is 21.7.